The quantitative estimate of drug-likeness (QED) is 0.0146. The second-order valence-corrected chi connectivity index (χ2v) is 22.9. The van der Waals surface area contributed by atoms with Crippen LogP contribution in [0.4, 0.5) is 0 Å². The number of nitrogens with one attached hydrogen (secondary N) is 2. The fourth-order valence-electron chi connectivity index (χ4n) is 8.70. The number of rotatable bonds is 18. The number of primary amides is 1. The number of aromatic amines is 1. The molecule has 10 N–H and O–H groups in total. The van der Waals surface area contributed by atoms with Crippen LogP contribution in [0.25, 0.3) is 22.7 Å². The van der Waals surface area contributed by atoms with E-state index in [2.05, 4.69) is 83.8 Å². The van der Waals surface area contributed by atoms with Crippen LogP contribution in [-0.2, 0) is 30.2 Å². The van der Waals surface area contributed by atoms with Gasteiger partial charge in [-0.05, 0) is 171 Å². The number of nitrogens with two attached hydrogens (primary N) is 1. The smallest absolute Gasteiger partial charge is 0.870 e. The molecule has 0 aliphatic heterocycles. The van der Waals surface area contributed by atoms with E-state index < -0.39 is 42.7 Å². The molecule has 109 heavy (non-hydrogen) atoms. The van der Waals surface area contributed by atoms with Crippen LogP contribution in [0.15, 0.2) is 213 Å². The van der Waals surface area contributed by atoms with E-state index in [9.17, 15) is 33.6 Å². The number of Topliss-reactive ketones (excluding diaryl/α,β-unsaturated/α-hetero) is 1. The van der Waals surface area contributed by atoms with E-state index >= 15 is 0 Å². The van der Waals surface area contributed by atoms with E-state index in [1.807, 2.05) is 191 Å². The van der Waals surface area contributed by atoms with E-state index in [1.165, 1.54) is 21.8 Å². The van der Waals surface area contributed by atoms with Crippen LogP contribution in [0, 0.1) is 55.3 Å². The molecular formula is C78H76BI2LiN12O15. The first-order chi connectivity index (χ1) is 51.2. The minimum Gasteiger partial charge on any atom is -0.870 e. The molecule has 0 fully saturated rings. The third-order valence-corrected chi connectivity index (χ3v) is 15.0. The van der Waals surface area contributed by atoms with Crippen molar-refractivity contribution in [3.8, 4) is 70.6 Å². The van der Waals surface area contributed by atoms with Crippen LogP contribution in [0.3, 0.4) is 0 Å². The number of aromatic carboxylic acids is 1. The number of amides is 2. The molecule has 2 amide bonds. The van der Waals surface area contributed by atoms with Gasteiger partial charge in [0.05, 0.1) is 54.3 Å². The number of halogens is 2. The van der Waals surface area contributed by atoms with Crippen molar-refractivity contribution in [2.45, 2.75) is 60.9 Å². The second-order valence-electron chi connectivity index (χ2n) is 20.8. The predicted octanol–water partition coefficient (Wildman–Crippen LogP) is 5.85. The van der Waals surface area contributed by atoms with Crippen molar-refractivity contribution in [1.29, 1.82) is 0 Å². The summed E-state index contributed by atoms with van der Waals surface area (Å²) in [5.41, 5.74) is 12.5. The zero-order valence-corrected chi connectivity index (χ0v) is 64.8. The van der Waals surface area contributed by atoms with Crippen molar-refractivity contribution in [2.75, 3.05) is 19.8 Å². The molecule has 6 aromatic carbocycles. The summed E-state index contributed by atoms with van der Waals surface area (Å²) >= 11 is 4.02. The summed E-state index contributed by atoms with van der Waals surface area (Å²) in [6.07, 6.45) is 12.5. The van der Waals surface area contributed by atoms with Gasteiger partial charge in [0.25, 0.3) is 11.8 Å². The van der Waals surface area contributed by atoms with Gasteiger partial charge in [-0.15, -0.1) is 12.3 Å². The molecular weight excluding hydrogens is 1620 g/mol. The van der Waals surface area contributed by atoms with Gasteiger partial charge in [0, 0.05) is 31.2 Å². The zero-order chi connectivity index (χ0) is 77.3. The molecule has 0 saturated carbocycles. The van der Waals surface area contributed by atoms with Crippen LogP contribution in [0.5, 0.6) is 0 Å². The maximum atomic E-state index is 13.0. The number of carboxylic acid groups (broad SMARTS) is 1. The van der Waals surface area contributed by atoms with Gasteiger partial charge < -0.3 is 51.4 Å². The van der Waals surface area contributed by atoms with Gasteiger partial charge in [-0.2, -0.15) is 25.5 Å². The van der Waals surface area contributed by atoms with Crippen LogP contribution < -0.4 is 35.4 Å². The summed E-state index contributed by atoms with van der Waals surface area (Å²) in [7, 11) is -1.34. The van der Waals surface area contributed by atoms with Crippen LogP contribution in [-0.4, -0.2) is 150 Å². The number of hydrogen-bond donors (Lipinski definition) is 6. The number of ether oxygens (including phenoxy) is 3. The third-order valence-electron chi connectivity index (χ3n) is 13.4. The van der Waals surface area contributed by atoms with Gasteiger partial charge in [-0.3, -0.25) is 19.5 Å². The molecule has 0 aliphatic carbocycles. The predicted molar refractivity (Wildman–Crippen MR) is 423 cm³/mol. The molecule has 0 aliphatic rings. The Morgan fingerprint density at radius 2 is 0.862 bits per heavy atom. The number of H-pyrrole nitrogens is 1. The number of nitrogens with zero attached hydrogens (tertiary/aromatic N) is 9. The molecule has 5 heterocycles. The topological polar surface area (TPSA) is 407 Å². The Morgan fingerprint density at radius 3 is 1.21 bits per heavy atom. The summed E-state index contributed by atoms with van der Waals surface area (Å²) in [4.78, 5) is 82.3. The number of carboxylic acids is 1. The molecule has 11 rings (SSSR count). The van der Waals surface area contributed by atoms with Gasteiger partial charge in [-0.25, -0.2) is 37.9 Å². The van der Waals surface area contributed by atoms with Gasteiger partial charge in [-0.1, -0.05) is 151 Å². The number of esters is 3. The molecule has 1 atom stereocenters. The number of hydrogen-bond acceptors (Lipinski definition) is 18. The number of benzene rings is 6. The minimum absolute atomic E-state index is 0. The molecule has 5 aromatic heterocycles. The van der Waals surface area contributed by atoms with Crippen LogP contribution >= 0.6 is 45.2 Å². The fourth-order valence-corrected chi connectivity index (χ4v) is 9.79. The number of para-hydroxylation sites is 4. The Labute approximate surface area is 669 Å². The Bertz CT molecular complexity index is 4930. The number of aromatic nitrogens is 10. The monoisotopic (exact) mass is 1690 g/mol. The van der Waals surface area contributed by atoms with Gasteiger partial charge in [0.15, 0.2) is 0 Å². The fraction of sp³-hybridized carbons (Fsp3) is 0.154. The van der Waals surface area contributed by atoms with Crippen molar-refractivity contribution >= 4 is 99.2 Å². The van der Waals surface area contributed by atoms with Crippen molar-refractivity contribution in [2.24, 2.45) is 5.73 Å². The van der Waals surface area contributed by atoms with Crippen LogP contribution in [0.2, 0.25) is 0 Å². The first kappa shape index (κ1) is 93.1. The molecule has 0 radical (unpaired) electrons. The number of carbonyl (C=O) groups excluding carboxylic acids is 6. The molecule has 0 spiro atoms. The normalized spacial score (nSPS) is 9.60. The van der Waals surface area contributed by atoms with Gasteiger partial charge in [0.2, 0.25) is 5.78 Å². The van der Waals surface area contributed by atoms with E-state index in [-0.39, 0.29) is 70.7 Å². The van der Waals surface area contributed by atoms with E-state index in [0.717, 1.165) is 28.3 Å². The molecule has 0 bridgehead atoms. The van der Waals surface area contributed by atoms with Crippen molar-refractivity contribution in [3.63, 3.8) is 0 Å². The largest absolute Gasteiger partial charge is 1.00 e. The molecule has 11 aromatic rings. The first-order valence-electron chi connectivity index (χ1n) is 32.1. The van der Waals surface area contributed by atoms with Gasteiger partial charge >= 0.3 is 49.9 Å². The van der Waals surface area contributed by atoms with Crippen molar-refractivity contribution in [1.82, 2.24) is 54.6 Å². The van der Waals surface area contributed by atoms with Gasteiger partial charge in [0.1, 0.15) is 52.8 Å². The van der Waals surface area contributed by atoms with Crippen molar-refractivity contribution in [3.05, 3.63) is 271 Å². The second kappa shape index (κ2) is 50.5. The average molecular weight is 1690 g/mol. The molecule has 1 unspecified atom stereocenters. The van der Waals surface area contributed by atoms with Crippen molar-refractivity contribution < 1.29 is 92.7 Å². The minimum atomic E-state index is -1.34. The average Bonchev–Trinajstić information content (AvgIpc) is 1.70. The molecule has 556 valence electrons. The first-order valence-corrected chi connectivity index (χ1v) is 34.3. The Balaban J connectivity index is 0.000000455. The summed E-state index contributed by atoms with van der Waals surface area (Å²) in [5.74, 6) is 14.1. The molecule has 31 heteroatoms. The third kappa shape index (κ3) is 30.1. The Hall–Kier alpha value is -11.9. The van der Waals surface area contributed by atoms with E-state index in [1.54, 1.807) is 113 Å². The maximum Gasteiger partial charge on any atom is 1.00 e. The summed E-state index contributed by atoms with van der Waals surface area (Å²) in [6, 6.07) is 54.4. The summed E-state index contributed by atoms with van der Waals surface area (Å²) in [5, 5.41) is 52.3. The summed E-state index contributed by atoms with van der Waals surface area (Å²) < 4.78 is 22.4. The number of carbonyl (C=O) groups is 7. The standard InChI is InChI=1S/C23H20N4O3.C15H14N2O2.C13H10N2O2.C12H11IN2O2.C6H7BO2.C6H7IN2O2.C3H4.Li.2H2O/c1-2-9-19-18(15-27(26-19)17-12-7-4-8-13-17)23(30)25-20(21(28)22(24)29)14-16-10-5-3-6-11-16;1-3-8-14-13(15(18)19-4-2)11-17(16-14)12-9-6-5-7-10-12;1-2-6-12-11(13(16)17)9-15(14-12)10-7-4-3-5-8-10;1-2-17-12(16)10-8-15(14-11(10)13)9-6-4-3-5-7-9;8-7(9)6-4-2-1-3-5-6;1-2-11-6(10)4-3-8-9-5(4)7;1-3-2;;;/h3-8,10-13,15,20H,14H2,1H3,(H2,24,29)(H,25,30);5-7,9-11H,4H2,1-2H3;3-5,7-9H,1H3,(H,16,17);3-8H,2H2,1H3;1-5,8-9H;3H,2H2,1H3,(H,8,9);1H,2H3;;2*1H2/q;;;;;;;+1;;/p-1. The number of ketones is 1. The van der Waals surface area contributed by atoms with E-state index in [4.69, 9.17) is 35.1 Å². The maximum absolute atomic E-state index is 13.0. The summed E-state index contributed by atoms with van der Waals surface area (Å²) in [6.45, 7) is 13.0. The zero-order valence-electron chi connectivity index (χ0n) is 60.5. The Kier molecular flexibility index (Phi) is 43.2. The number of terminal acetylenes is 1. The van der Waals surface area contributed by atoms with E-state index in [0.29, 0.717) is 55.1 Å². The van der Waals surface area contributed by atoms with Crippen LogP contribution in [0.1, 0.15) is 123 Å². The molecule has 0 saturated heterocycles. The Morgan fingerprint density at radius 1 is 0.532 bits per heavy atom. The molecule has 27 nitrogen and oxygen atoms in total. The SMILES string of the molecule is C#CC.CC#Cc1nn(-c2ccccc2)cc1C(=O)NC(Cc1ccccc1)C(=O)C(N)=O.CC#Cc1nn(-c2ccccc2)cc1C(=O)O.CC#Cc1nn(-c2ccccc2)cc1C(=O)OCC.CCOC(=O)c1cn(-c2ccccc2)nc1I.CCOC(=O)c1cn[nH]c1I.O.OB(O)c1ccccc1.[Li+].[OH-].